The third-order valence-electron chi connectivity index (χ3n) is 3.02. The van der Waals surface area contributed by atoms with Crippen molar-refractivity contribution in [3.63, 3.8) is 0 Å². The predicted molar refractivity (Wildman–Crippen MR) is 79.1 cm³/mol. The van der Waals surface area contributed by atoms with Crippen LogP contribution < -0.4 is 4.74 Å². The van der Waals surface area contributed by atoms with Gasteiger partial charge >= 0.3 is 5.97 Å². The van der Waals surface area contributed by atoms with E-state index < -0.39 is 5.97 Å². The highest BCUT2D eigenvalue weighted by atomic mass is 19.1. The van der Waals surface area contributed by atoms with Crippen molar-refractivity contribution >= 4 is 12.0 Å². The smallest absolute Gasteiger partial charge is 0.328 e. The van der Waals surface area contributed by atoms with Crippen molar-refractivity contribution in [3.05, 3.63) is 65.0 Å². The summed E-state index contributed by atoms with van der Waals surface area (Å²) in [5.41, 5.74) is 2.50. The third kappa shape index (κ3) is 3.92. The van der Waals surface area contributed by atoms with Crippen LogP contribution in [0.2, 0.25) is 0 Å². The molecule has 4 heteroatoms. The van der Waals surface area contributed by atoms with Gasteiger partial charge in [0.05, 0.1) is 0 Å². The van der Waals surface area contributed by atoms with E-state index in [2.05, 4.69) is 0 Å². The summed E-state index contributed by atoms with van der Waals surface area (Å²) < 4.78 is 18.9. The van der Waals surface area contributed by atoms with Gasteiger partial charge in [-0.25, -0.2) is 9.18 Å². The Labute approximate surface area is 122 Å². The first kappa shape index (κ1) is 14.8. The number of ether oxygens (including phenoxy) is 1. The molecule has 0 aliphatic carbocycles. The fraction of sp³-hybridized carbons (Fsp3) is 0.118. The number of carboxylic acids is 1. The molecule has 2 aromatic rings. The van der Waals surface area contributed by atoms with E-state index in [9.17, 15) is 9.18 Å². The van der Waals surface area contributed by atoms with Crippen molar-refractivity contribution in [1.82, 2.24) is 0 Å². The topological polar surface area (TPSA) is 46.5 Å². The lowest BCUT2D eigenvalue weighted by Gasteiger charge is -2.10. The normalized spacial score (nSPS) is 10.8. The first-order valence-electron chi connectivity index (χ1n) is 6.41. The van der Waals surface area contributed by atoms with Crippen LogP contribution in [0.1, 0.15) is 16.7 Å². The van der Waals surface area contributed by atoms with E-state index in [1.165, 1.54) is 18.2 Å². The summed E-state index contributed by atoms with van der Waals surface area (Å²) in [4.78, 5) is 10.5. The SMILES string of the molecule is Cc1cc(Oc2cc(F)ccc2C)ccc1/C=C/C(=O)O. The van der Waals surface area contributed by atoms with E-state index in [0.29, 0.717) is 11.5 Å². The minimum Gasteiger partial charge on any atom is -0.478 e. The number of rotatable bonds is 4. The molecule has 0 radical (unpaired) electrons. The summed E-state index contributed by atoms with van der Waals surface area (Å²) in [6.45, 7) is 3.69. The van der Waals surface area contributed by atoms with Crippen LogP contribution in [0, 0.1) is 19.7 Å². The van der Waals surface area contributed by atoms with Gasteiger partial charge < -0.3 is 9.84 Å². The average molecular weight is 286 g/mol. The Hall–Kier alpha value is -2.62. The van der Waals surface area contributed by atoms with Gasteiger partial charge in [0.25, 0.3) is 0 Å². The van der Waals surface area contributed by atoms with Crippen molar-refractivity contribution in [3.8, 4) is 11.5 Å². The van der Waals surface area contributed by atoms with Gasteiger partial charge in [-0.1, -0.05) is 12.1 Å². The summed E-state index contributed by atoms with van der Waals surface area (Å²) in [6, 6.07) is 9.64. The van der Waals surface area contributed by atoms with Gasteiger partial charge in [-0.15, -0.1) is 0 Å². The molecule has 108 valence electrons. The molecule has 0 saturated heterocycles. The number of carbonyl (C=O) groups is 1. The molecule has 0 spiro atoms. The van der Waals surface area contributed by atoms with Gasteiger partial charge in [0, 0.05) is 12.1 Å². The number of halogens is 1. The maximum atomic E-state index is 13.2. The number of hydrogen-bond donors (Lipinski definition) is 1. The monoisotopic (exact) mass is 286 g/mol. The molecule has 0 aliphatic heterocycles. The molecule has 1 N–H and O–H groups in total. The minimum atomic E-state index is -0.995. The van der Waals surface area contributed by atoms with Crippen LogP contribution in [-0.4, -0.2) is 11.1 Å². The maximum absolute atomic E-state index is 13.2. The molecule has 0 atom stereocenters. The van der Waals surface area contributed by atoms with E-state index in [0.717, 1.165) is 22.8 Å². The molecule has 2 rings (SSSR count). The molecule has 0 saturated carbocycles. The zero-order valence-electron chi connectivity index (χ0n) is 11.8. The molecule has 3 nitrogen and oxygen atoms in total. The second-order valence-electron chi connectivity index (χ2n) is 4.70. The van der Waals surface area contributed by atoms with Crippen LogP contribution in [0.5, 0.6) is 11.5 Å². The molecular weight excluding hydrogens is 271 g/mol. The summed E-state index contributed by atoms with van der Waals surface area (Å²) in [5.74, 6) is -0.310. The Kier molecular flexibility index (Phi) is 4.38. The Bertz CT molecular complexity index is 705. The second kappa shape index (κ2) is 6.22. The van der Waals surface area contributed by atoms with E-state index in [-0.39, 0.29) is 5.82 Å². The standard InChI is InChI=1S/C17H15FO3/c1-11-3-6-14(18)10-16(11)21-15-7-4-13(12(2)9-15)5-8-17(19)20/h3-10H,1-2H3,(H,19,20)/b8-5+. The van der Waals surface area contributed by atoms with Gasteiger partial charge in [0.2, 0.25) is 0 Å². The number of carboxylic acid groups (broad SMARTS) is 1. The van der Waals surface area contributed by atoms with E-state index in [4.69, 9.17) is 9.84 Å². The van der Waals surface area contributed by atoms with Gasteiger partial charge in [-0.3, -0.25) is 0 Å². The lowest BCUT2D eigenvalue weighted by atomic mass is 10.1. The van der Waals surface area contributed by atoms with Crippen molar-refractivity contribution < 1.29 is 19.0 Å². The van der Waals surface area contributed by atoms with E-state index in [1.54, 1.807) is 24.3 Å². The van der Waals surface area contributed by atoms with Crippen molar-refractivity contribution in [2.75, 3.05) is 0 Å². The Morgan fingerprint density at radius 1 is 1.14 bits per heavy atom. The highest BCUT2D eigenvalue weighted by molar-refractivity contribution is 5.85. The van der Waals surface area contributed by atoms with Crippen LogP contribution in [-0.2, 0) is 4.79 Å². The summed E-state index contributed by atoms with van der Waals surface area (Å²) in [7, 11) is 0. The lowest BCUT2D eigenvalue weighted by Crippen LogP contribution is -1.91. The van der Waals surface area contributed by atoms with Crippen LogP contribution in [0.3, 0.4) is 0 Å². The average Bonchev–Trinajstić information content (AvgIpc) is 2.42. The largest absolute Gasteiger partial charge is 0.478 e. The molecule has 0 heterocycles. The molecule has 0 fully saturated rings. The summed E-state index contributed by atoms with van der Waals surface area (Å²) in [5, 5.41) is 8.62. The molecule has 21 heavy (non-hydrogen) atoms. The van der Waals surface area contributed by atoms with Crippen LogP contribution in [0.4, 0.5) is 4.39 Å². The fourth-order valence-electron chi connectivity index (χ4n) is 1.87. The number of benzene rings is 2. The zero-order valence-corrected chi connectivity index (χ0v) is 11.8. The quantitative estimate of drug-likeness (QED) is 0.851. The molecule has 0 bridgehead atoms. The Balaban J connectivity index is 2.24. The zero-order chi connectivity index (χ0) is 15.4. The van der Waals surface area contributed by atoms with Gasteiger partial charge in [-0.2, -0.15) is 0 Å². The predicted octanol–water partition coefficient (Wildman–Crippen LogP) is 4.33. The minimum absolute atomic E-state index is 0.353. The molecule has 0 aromatic heterocycles. The van der Waals surface area contributed by atoms with Crippen LogP contribution in [0.15, 0.2) is 42.5 Å². The second-order valence-corrected chi connectivity index (χ2v) is 4.70. The molecule has 0 unspecified atom stereocenters. The van der Waals surface area contributed by atoms with Crippen molar-refractivity contribution in [2.45, 2.75) is 13.8 Å². The number of aliphatic carboxylic acids is 1. The van der Waals surface area contributed by atoms with Gasteiger partial charge in [0.1, 0.15) is 17.3 Å². The van der Waals surface area contributed by atoms with Crippen LogP contribution >= 0.6 is 0 Å². The highest BCUT2D eigenvalue weighted by Gasteiger charge is 2.05. The fourth-order valence-corrected chi connectivity index (χ4v) is 1.87. The van der Waals surface area contributed by atoms with Crippen molar-refractivity contribution in [1.29, 1.82) is 0 Å². The molecular formula is C17H15FO3. The molecule has 0 aliphatic rings. The summed E-state index contributed by atoms with van der Waals surface area (Å²) in [6.07, 6.45) is 2.61. The van der Waals surface area contributed by atoms with E-state index >= 15 is 0 Å². The molecule has 0 amide bonds. The van der Waals surface area contributed by atoms with E-state index in [1.807, 2.05) is 13.8 Å². The van der Waals surface area contributed by atoms with Gasteiger partial charge in [0.15, 0.2) is 0 Å². The first-order chi connectivity index (χ1) is 9.95. The maximum Gasteiger partial charge on any atom is 0.328 e. The third-order valence-corrected chi connectivity index (χ3v) is 3.02. The van der Waals surface area contributed by atoms with Gasteiger partial charge in [-0.05, 0) is 54.8 Å². The Morgan fingerprint density at radius 3 is 2.57 bits per heavy atom. The highest BCUT2D eigenvalue weighted by Crippen LogP contribution is 2.27. The van der Waals surface area contributed by atoms with Crippen molar-refractivity contribution in [2.24, 2.45) is 0 Å². The number of aryl methyl sites for hydroxylation is 2. The van der Waals surface area contributed by atoms with Crippen LogP contribution in [0.25, 0.3) is 6.08 Å². The number of hydrogen-bond acceptors (Lipinski definition) is 2. The molecule has 2 aromatic carbocycles. The summed E-state index contributed by atoms with van der Waals surface area (Å²) >= 11 is 0. The lowest BCUT2D eigenvalue weighted by molar-refractivity contribution is -0.131. The Morgan fingerprint density at radius 2 is 1.90 bits per heavy atom. The first-order valence-corrected chi connectivity index (χ1v) is 6.41.